The zero-order valence-corrected chi connectivity index (χ0v) is 25.2. The Morgan fingerprint density at radius 2 is 1.88 bits per heavy atom. The third-order valence-electron chi connectivity index (χ3n) is 6.38. The van der Waals surface area contributed by atoms with E-state index in [1.54, 1.807) is 50.4 Å². The highest BCUT2D eigenvalue weighted by Crippen LogP contribution is 2.33. The Morgan fingerprint density at radius 1 is 1.12 bits per heavy atom. The van der Waals surface area contributed by atoms with Gasteiger partial charge in [0.15, 0.2) is 11.7 Å². The highest BCUT2D eigenvalue weighted by atomic mass is 35.5. The fourth-order valence-corrected chi connectivity index (χ4v) is 5.11. The van der Waals surface area contributed by atoms with Crippen LogP contribution < -0.4 is 20.8 Å². The summed E-state index contributed by atoms with van der Waals surface area (Å²) in [5.74, 6) is -0.521. The van der Waals surface area contributed by atoms with Gasteiger partial charge in [-0.05, 0) is 70.2 Å². The van der Waals surface area contributed by atoms with Gasteiger partial charge in [0.2, 0.25) is 0 Å². The van der Waals surface area contributed by atoms with Crippen molar-refractivity contribution < 1.29 is 19.1 Å². The molecule has 0 aliphatic carbocycles. The number of hydrogen-bond donors (Lipinski definition) is 3. The third kappa shape index (κ3) is 6.90. The summed E-state index contributed by atoms with van der Waals surface area (Å²) in [7, 11) is 0. The summed E-state index contributed by atoms with van der Waals surface area (Å²) in [6.45, 7) is 7.32. The van der Waals surface area contributed by atoms with E-state index in [-0.39, 0.29) is 13.2 Å². The van der Waals surface area contributed by atoms with E-state index in [0.29, 0.717) is 37.7 Å². The van der Waals surface area contributed by atoms with Gasteiger partial charge in [0.05, 0.1) is 34.5 Å². The summed E-state index contributed by atoms with van der Waals surface area (Å²) in [5, 5.41) is 11.5. The third-order valence-corrected chi connectivity index (χ3v) is 7.34. The van der Waals surface area contributed by atoms with Crippen LogP contribution in [0.25, 0.3) is 5.69 Å². The van der Waals surface area contributed by atoms with Gasteiger partial charge < -0.3 is 24.7 Å². The molecular weight excluding hydrogens is 585 g/mol. The van der Waals surface area contributed by atoms with E-state index >= 15 is 0 Å². The number of benzene rings is 2. The van der Waals surface area contributed by atoms with Gasteiger partial charge >= 0.3 is 5.97 Å². The molecule has 0 radical (unpaired) electrons. The SMILES string of the molecule is CCOC(=O)C1=C(C)NC(=S)N[C@H]1c1ccccc1OCC(=O)NN=Cc1cc(C)n(-c2ccc(Cl)c(Cl)c2)c1C. The zero-order valence-electron chi connectivity index (χ0n) is 22.9. The minimum absolute atomic E-state index is 0.227. The summed E-state index contributed by atoms with van der Waals surface area (Å²) >= 11 is 17.6. The van der Waals surface area contributed by atoms with Gasteiger partial charge in [-0.1, -0.05) is 41.4 Å². The smallest absolute Gasteiger partial charge is 0.338 e. The summed E-state index contributed by atoms with van der Waals surface area (Å²) in [6.07, 6.45) is 1.57. The molecule has 0 fully saturated rings. The summed E-state index contributed by atoms with van der Waals surface area (Å²) < 4.78 is 13.1. The summed E-state index contributed by atoms with van der Waals surface area (Å²) in [5.41, 5.74) is 7.65. The Hall–Kier alpha value is -3.86. The van der Waals surface area contributed by atoms with Gasteiger partial charge in [-0.25, -0.2) is 10.2 Å². The number of amides is 1. The average Bonchev–Trinajstić information content (AvgIpc) is 3.21. The van der Waals surface area contributed by atoms with Crippen LogP contribution in [0.1, 0.15) is 42.4 Å². The number of aryl methyl sites for hydroxylation is 1. The lowest BCUT2D eigenvalue weighted by atomic mass is 9.95. The number of carbonyl (C=O) groups is 2. The van der Waals surface area contributed by atoms with Crippen LogP contribution in [0.2, 0.25) is 10.0 Å². The summed E-state index contributed by atoms with van der Waals surface area (Å²) in [6, 6.07) is 13.9. The highest BCUT2D eigenvalue weighted by molar-refractivity contribution is 7.80. The predicted octanol–water partition coefficient (Wildman–Crippen LogP) is 5.29. The molecule has 3 aromatic rings. The largest absolute Gasteiger partial charge is 0.483 e. The van der Waals surface area contributed by atoms with Crippen molar-refractivity contribution in [2.75, 3.05) is 13.2 Å². The maximum absolute atomic E-state index is 12.7. The molecule has 12 heteroatoms. The van der Waals surface area contributed by atoms with Crippen LogP contribution >= 0.6 is 35.4 Å². The molecule has 9 nitrogen and oxygen atoms in total. The minimum atomic E-state index is -0.620. The first-order valence-corrected chi connectivity index (χ1v) is 13.9. The Bertz CT molecular complexity index is 1570. The van der Waals surface area contributed by atoms with Crippen LogP contribution in [-0.2, 0) is 14.3 Å². The van der Waals surface area contributed by atoms with E-state index in [4.69, 9.17) is 44.9 Å². The number of halogens is 2. The molecule has 1 aliphatic rings. The second-order valence-electron chi connectivity index (χ2n) is 9.17. The van der Waals surface area contributed by atoms with E-state index in [1.165, 1.54) is 0 Å². The number of nitrogens with one attached hydrogen (secondary N) is 3. The molecule has 0 unspecified atom stereocenters. The first kappa shape index (κ1) is 30.1. The van der Waals surface area contributed by atoms with Gasteiger partial charge in [-0.2, -0.15) is 5.10 Å². The lowest BCUT2D eigenvalue weighted by Crippen LogP contribution is -2.45. The molecular formula is C29H29Cl2N5O4S. The number of nitrogens with zero attached hydrogens (tertiary/aromatic N) is 2. The predicted molar refractivity (Wildman–Crippen MR) is 164 cm³/mol. The van der Waals surface area contributed by atoms with Gasteiger partial charge in [0.25, 0.3) is 5.91 Å². The second kappa shape index (κ2) is 13.2. The van der Waals surface area contributed by atoms with Crippen LogP contribution in [0, 0.1) is 13.8 Å². The molecule has 0 saturated heterocycles. The molecule has 41 heavy (non-hydrogen) atoms. The minimum Gasteiger partial charge on any atom is -0.483 e. The Morgan fingerprint density at radius 3 is 2.61 bits per heavy atom. The van der Waals surface area contributed by atoms with Crippen LogP contribution in [0.15, 0.2) is 64.9 Å². The fraction of sp³-hybridized carbons (Fsp3) is 0.241. The topological polar surface area (TPSA) is 106 Å². The molecule has 0 bridgehead atoms. The normalized spacial score (nSPS) is 15.0. The standard InChI is InChI=1S/C29H29Cl2N5O4S/c1-5-39-28(38)26-17(3)33-29(41)34-27(26)21-8-6-7-9-24(21)40-15-25(37)35-32-14-19-12-16(2)36(18(19)4)20-10-11-22(30)23(31)13-20/h6-14,27H,5,15H2,1-4H3,(H,35,37)(H2,33,34,41)/t27-/m0/s1. The van der Waals surface area contributed by atoms with E-state index in [9.17, 15) is 9.59 Å². The maximum atomic E-state index is 12.7. The molecule has 1 aromatic heterocycles. The number of thiocarbonyl (C=S) groups is 1. The van der Waals surface area contributed by atoms with E-state index in [2.05, 4.69) is 21.2 Å². The van der Waals surface area contributed by atoms with Gasteiger partial charge in [-0.3, -0.25) is 4.79 Å². The van der Waals surface area contributed by atoms with Crippen molar-refractivity contribution in [3.63, 3.8) is 0 Å². The number of allylic oxidation sites excluding steroid dienone is 1. The number of esters is 1. The molecule has 4 rings (SSSR count). The molecule has 1 aliphatic heterocycles. The van der Waals surface area contributed by atoms with E-state index in [1.807, 2.05) is 36.6 Å². The molecule has 2 heterocycles. The molecule has 3 N–H and O–H groups in total. The van der Waals surface area contributed by atoms with Gasteiger partial charge in [0.1, 0.15) is 5.75 Å². The molecule has 1 atom stereocenters. The molecule has 214 valence electrons. The van der Waals surface area contributed by atoms with Crippen molar-refractivity contribution in [3.05, 3.63) is 92.4 Å². The van der Waals surface area contributed by atoms with Crippen molar-refractivity contribution in [3.8, 4) is 11.4 Å². The lowest BCUT2D eigenvalue weighted by molar-refractivity contribution is -0.139. The van der Waals surface area contributed by atoms with Gasteiger partial charge in [0, 0.05) is 33.9 Å². The fourth-order valence-electron chi connectivity index (χ4n) is 4.55. The van der Waals surface area contributed by atoms with Crippen molar-refractivity contribution in [2.45, 2.75) is 33.7 Å². The van der Waals surface area contributed by atoms with E-state index in [0.717, 1.165) is 22.6 Å². The number of hydrazone groups is 1. The number of carbonyl (C=O) groups excluding carboxylic acids is 2. The number of aromatic nitrogens is 1. The molecule has 2 aromatic carbocycles. The first-order valence-electron chi connectivity index (χ1n) is 12.7. The Balaban J connectivity index is 1.45. The van der Waals surface area contributed by atoms with Gasteiger partial charge in [-0.15, -0.1) is 0 Å². The van der Waals surface area contributed by atoms with Crippen LogP contribution in [0.4, 0.5) is 0 Å². The van der Waals surface area contributed by atoms with Crippen LogP contribution in [0.3, 0.4) is 0 Å². The molecule has 0 spiro atoms. The Labute approximate surface area is 253 Å². The lowest BCUT2D eigenvalue weighted by Gasteiger charge is -2.30. The average molecular weight is 615 g/mol. The first-order chi connectivity index (χ1) is 19.6. The van der Waals surface area contributed by atoms with E-state index < -0.39 is 17.9 Å². The maximum Gasteiger partial charge on any atom is 0.338 e. The molecule has 0 saturated carbocycles. The monoisotopic (exact) mass is 613 g/mol. The zero-order chi connectivity index (χ0) is 29.7. The number of para-hydroxylation sites is 1. The number of hydrogen-bond acceptors (Lipinski definition) is 6. The van der Waals surface area contributed by atoms with Crippen LogP contribution in [-0.4, -0.2) is 41.0 Å². The van der Waals surface area contributed by atoms with Crippen molar-refractivity contribution >= 4 is 58.6 Å². The quantitative estimate of drug-likeness (QED) is 0.130. The van der Waals surface area contributed by atoms with Crippen molar-refractivity contribution in [2.24, 2.45) is 5.10 Å². The highest BCUT2D eigenvalue weighted by Gasteiger charge is 2.32. The molecule has 1 amide bonds. The number of ether oxygens (including phenoxy) is 2. The number of rotatable bonds is 9. The second-order valence-corrected chi connectivity index (χ2v) is 10.4. The van der Waals surface area contributed by atoms with Crippen LogP contribution in [0.5, 0.6) is 5.75 Å². The summed E-state index contributed by atoms with van der Waals surface area (Å²) in [4.78, 5) is 25.3. The van der Waals surface area contributed by atoms with Crippen molar-refractivity contribution in [1.82, 2.24) is 20.6 Å². The van der Waals surface area contributed by atoms with Crippen molar-refractivity contribution in [1.29, 1.82) is 0 Å². The Kier molecular flexibility index (Phi) is 9.69.